The zero-order chi connectivity index (χ0) is 13.7. The molecule has 1 atom stereocenters. The molecule has 0 bridgehead atoms. The summed E-state index contributed by atoms with van der Waals surface area (Å²) in [6.45, 7) is 4.35. The molecule has 19 heavy (non-hydrogen) atoms. The fourth-order valence-corrected chi connectivity index (χ4v) is 2.94. The number of ether oxygens (including phenoxy) is 1. The van der Waals surface area contributed by atoms with Crippen LogP contribution in [0.3, 0.4) is 0 Å². The van der Waals surface area contributed by atoms with Gasteiger partial charge in [0.2, 0.25) is 5.91 Å². The smallest absolute Gasteiger partial charge is 0.223 e. The van der Waals surface area contributed by atoms with E-state index < -0.39 is 0 Å². The van der Waals surface area contributed by atoms with Crippen molar-refractivity contribution in [2.75, 3.05) is 32.9 Å². The number of rotatable bonds is 4. The molecule has 1 saturated heterocycles. The monoisotopic (exact) mass is 284 g/mol. The molecule has 1 unspecified atom stereocenters. The lowest BCUT2D eigenvalue weighted by atomic mass is 10.1. The van der Waals surface area contributed by atoms with Gasteiger partial charge in [-0.3, -0.25) is 4.79 Å². The summed E-state index contributed by atoms with van der Waals surface area (Å²) in [5.74, 6) is 0.174. The average molecular weight is 284 g/mol. The van der Waals surface area contributed by atoms with E-state index in [9.17, 15) is 9.90 Å². The molecule has 0 spiro atoms. The third-order valence-electron chi connectivity index (χ3n) is 3.36. The first-order chi connectivity index (χ1) is 9.20. The summed E-state index contributed by atoms with van der Waals surface area (Å²) < 4.78 is 5.39. The van der Waals surface area contributed by atoms with Crippen LogP contribution in [0.4, 0.5) is 0 Å². The third kappa shape index (κ3) is 3.99. The van der Waals surface area contributed by atoms with Gasteiger partial charge in [-0.1, -0.05) is 0 Å². The largest absolute Gasteiger partial charge is 0.396 e. The van der Waals surface area contributed by atoms with Gasteiger partial charge in [0.25, 0.3) is 0 Å². The van der Waals surface area contributed by atoms with E-state index in [4.69, 9.17) is 4.74 Å². The molecule has 6 heteroatoms. The van der Waals surface area contributed by atoms with E-state index in [1.807, 2.05) is 17.3 Å². The number of carbonyl (C=O) groups excluding carboxylic acids is 1. The fourth-order valence-electron chi connectivity index (χ4n) is 2.16. The quantitative estimate of drug-likeness (QED) is 0.890. The van der Waals surface area contributed by atoms with Gasteiger partial charge < -0.3 is 14.7 Å². The molecule has 1 aliphatic heterocycles. The number of amides is 1. The van der Waals surface area contributed by atoms with Crippen LogP contribution in [0.2, 0.25) is 0 Å². The minimum atomic E-state index is 0.0385. The van der Waals surface area contributed by atoms with Crippen LogP contribution in [0.25, 0.3) is 0 Å². The maximum Gasteiger partial charge on any atom is 0.223 e. The van der Waals surface area contributed by atoms with E-state index in [1.165, 1.54) is 4.88 Å². The minimum absolute atomic E-state index is 0.0385. The van der Waals surface area contributed by atoms with Crippen molar-refractivity contribution in [3.63, 3.8) is 0 Å². The van der Waals surface area contributed by atoms with Crippen molar-refractivity contribution in [2.45, 2.75) is 19.8 Å². The normalized spacial score (nSPS) is 20.3. The Hall–Kier alpha value is -0.980. The molecule has 1 aromatic heterocycles. The number of carbonyl (C=O) groups is 1. The summed E-state index contributed by atoms with van der Waals surface area (Å²) in [5, 5.41) is 9.21. The Labute approximate surface area is 117 Å². The topological polar surface area (TPSA) is 62.7 Å². The predicted molar refractivity (Wildman–Crippen MR) is 73.1 cm³/mol. The molecule has 0 radical (unpaired) electrons. The molecule has 0 aliphatic carbocycles. The second-order valence-electron chi connectivity index (χ2n) is 4.82. The van der Waals surface area contributed by atoms with Crippen LogP contribution >= 0.6 is 11.3 Å². The zero-order valence-corrected chi connectivity index (χ0v) is 12.0. The standard InChI is InChI=1S/C13H20N2O3S/c1-10-12(19-9-14-10)2-3-13(17)15-4-5-18-8-11(6-15)7-16/h9,11,16H,2-8H2,1H3. The van der Waals surface area contributed by atoms with Gasteiger partial charge in [-0.05, 0) is 13.3 Å². The summed E-state index contributed by atoms with van der Waals surface area (Å²) in [7, 11) is 0. The van der Waals surface area contributed by atoms with Crippen molar-refractivity contribution in [1.82, 2.24) is 9.88 Å². The second-order valence-corrected chi connectivity index (χ2v) is 5.76. The first kappa shape index (κ1) is 14.4. The van der Waals surface area contributed by atoms with Crippen LogP contribution in [-0.4, -0.2) is 53.8 Å². The van der Waals surface area contributed by atoms with E-state index >= 15 is 0 Å². The Balaban J connectivity index is 1.86. The molecule has 0 aromatic carbocycles. The van der Waals surface area contributed by atoms with Crippen LogP contribution in [0.15, 0.2) is 5.51 Å². The summed E-state index contributed by atoms with van der Waals surface area (Å²) in [6, 6.07) is 0. The highest BCUT2D eigenvalue weighted by atomic mass is 32.1. The lowest BCUT2D eigenvalue weighted by Gasteiger charge is -2.22. The maximum atomic E-state index is 12.2. The fraction of sp³-hybridized carbons (Fsp3) is 0.692. The lowest BCUT2D eigenvalue weighted by molar-refractivity contribution is -0.131. The van der Waals surface area contributed by atoms with Crippen LogP contribution in [0.1, 0.15) is 17.0 Å². The first-order valence-electron chi connectivity index (χ1n) is 6.56. The van der Waals surface area contributed by atoms with E-state index in [-0.39, 0.29) is 18.4 Å². The molecule has 5 nitrogen and oxygen atoms in total. The van der Waals surface area contributed by atoms with Gasteiger partial charge in [0.05, 0.1) is 24.4 Å². The van der Waals surface area contributed by atoms with Crippen molar-refractivity contribution >= 4 is 17.2 Å². The molecule has 1 fully saturated rings. The Morgan fingerprint density at radius 1 is 1.68 bits per heavy atom. The summed E-state index contributed by atoms with van der Waals surface area (Å²) in [6.07, 6.45) is 1.25. The molecule has 1 aromatic rings. The van der Waals surface area contributed by atoms with E-state index in [1.54, 1.807) is 11.3 Å². The number of aliphatic hydroxyl groups excluding tert-OH is 1. The second kappa shape index (κ2) is 6.98. The van der Waals surface area contributed by atoms with Crippen molar-refractivity contribution in [3.05, 3.63) is 16.1 Å². The molecule has 2 heterocycles. The Morgan fingerprint density at radius 2 is 2.53 bits per heavy atom. The van der Waals surface area contributed by atoms with Crippen LogP contribution in [0.5, 0.6) is 0 Å². The highest BCUT2D eigenvalue weighted by Gasteiger charge is 2.21. The molecular formula is C13H20N2O3S. The molecule has 0 saturated carbocycles. The van der Waals surface area contributed by atoms with Gasteiger partial charge in [0, 0.05) is 36.9 Å². The molecule has 1 N–H and O–H groups in total. The Bertz CT molecular complexity index is 422. The molecule has 1 amide bonds. The third-order valence-corrected chi connectivity index (χ3v) is 4.35. The van der Waals surface area contributed by atoms with Crippen LogP contribution < -0.4 is 0 Å². The highest BCUT2D eigenvalue weighted by molar-refractivity contribution is 7.09. The molecule has 106 valence electrons. The molecular weight excluding hydrogens is 264 g/mol. The van der Waals surface area contributed by atoms with Crippen molar-refractivity contribution < 1.29 is 14.6 Å². The van der Waals surface area contributed by atoms with Gasteiger partial charge in [0.1, 0.15) is 0 Å². The van der Waals surface area contributed by atoms with Gasteiger partial charge in [-0.25, -0.2) is 4.98 Å². The predicted octanol–water partition coefficient (Wildman–Crippen LogP) is 0.851. The van der Waals surface area contributed by atoms with Crippen LogP contribution in [-0.2, 0) is 16.0 Å². The average Bonchev–Trinajstić information content (AvgIpc) is 2.68. The Morgan fingerprint density at radius 3 is 3.21 bits per heavy atom. The number of aryl methyl sites for hydroxylation is 2. The molecule has 2 rings (SSSR count). The number of nitrogens with zero attached hydrogens (tertiary/aromatic N) is 2. The lowest BCUT2D eigenvalue weighted by Crippen LogP contribution is -2.36. The van der Waals surface area contributed by atoms with E-state index in [0.717, 1.165) is 12.1 Å². The number of hydrogen-bond acceptors (Lipinski definition) is 5. The van der Waals surface area contributed by atoms with Gasteiger partial charge in [-0.2, -0.15) is 0 Å². The van der Waals surface area contributed by atoms with Gasteiger partial charge in [-0.15, -0.1) is 11.3 Å². The first-order valence-corrected chi connectivity index (χ1v) is 7.44. The number of aliphatic hydroxyl groups is 1. The SMILES string of the molecule is Cc1ncsc1CCC(=O)N1CCOCC(CO)C1. The van der Waals surface area contributed by atoms with E-state index in [2.05, 4.69) is 4.98 Å². The number of thiazole rings is 1. The minimum Gasteiger partial charge on any atom is -0.396 e. The van der Waals surface area contributed by atoms with Crippen molar-refractivity contribution in [3.8, 4) is 0 Å². The summed E-state index contributed by atoms with van der Waals surface area (Å²) in [4.78, 5) is 19.4. The zero-order valence-electron chi connectivity index (χ0n) is 11.2. The summed E-state index contributed by atoms with van der Waals surface area (Å²) >= 11 is 1.60. The number of aromatic nitrogens is 1. The van der Waals surface area contributed by atoms with Crippen LogP contribution in [0, 0.1) is 12.8 Å². The number of hydrogen-bond donors (Lipinski definition) is 1. The van der Waals surface area contributed by atoms with Crippen molar-refractivity contribution in [2.24, 2.45) is 5.92 Å². The van der Waals surface area contributed by atoms with E-state index in [0.29, 0.717) is 32.7 Å². The Kier molecular flexibility index (Phi) is 5.30. The van der Waals surface area contributed by atoms with Crippen molar-refractivity contribution in [1.29, 1.82) is 0 Å². The van der Waals surface area contributed by atoms with Gasteiger partial charge in [0.15, 0.2) is 0 Å². The maximum absolute atomic E-state index is 12.2. The summed E-state index contributed by atoms with van der Waals surface area (Å²) in [5.41, 5.74) is 2.83. The highest BCUT2D eigenvalue weighted by Crippen LogP contribution is 2.16. The molecule has 1 aliphatic rings. The van der Waals surface area contributed by atoms with Gasteiger partial charge >= 0.3 is 0 Å².